The van der Waals surface area contributed by atoms with Crippen molar-refractivity contribution in [3.05, 3.63) is 29.8 Å². The van der Waals surface area contributed by atoms with Crippen LogP contribution in [-0.4, -0.2) is 26.1 Å². The molecule has 4 N–H and O–H groups in total. The van der Waals surface area contributed by atoms with Crippen LogP contribution < -0.4 is 16.0 Å². The van der Waals surface area contributed by atoms with Gasteiger partial charge in [0.05, 0.1) is 17.1 Å². The van der Waals surface area contributed by atoms with Gasteiger partial charge in [0.15, 0.2) is 5.11 Å². The van der Waals surface area contributed by atoms with Crippen molar-refractivity contribution in [1.82, 2.24) is 10.3 Å². The van der Waals surface area contributed by atoms with Gasteiger partial charge in [0, 0.05) is 0 Å². The monoisotopic (exact) mass is 303 g/mol. The van der Waals surface area contributed by atoms with E-state index in [1.807, 2.05) is 4.83 Å². The molecule has 1 rings (SSSR count). The molecule has 0 aliphatic heterocycles. The number of nitrogens with two attached hydrogens (primary N) is 1. The zero-order valence-electron chi connectivity index (χ0n) is 10.0. The largest absolute Gasteiger partial charge is 0.462 e. The maximum Gasteiger partial charge on any atom is 0.338 e. The number of rotatable bonds is 5. The van der Waals surface area contributed by atoms with Crippen molar-refractivity contribution in [2.45, 2.75) is 11.8 Å². The molecule has 19 heavy (non-hydrogen) atoms. The fraction of sp³-hybridized carbons (Fsp3) is 0.200. The first kappa shape index (κ1) is 15.3. The topological polar surface area (TPSA) is 111 Å². The molecule has 0 unspecified atom stereocenters. The lowest BCUT2D eigenvalue weighted by molar-refractivity contribution is 0.0526. The molecule has 0 fully saturated rings. The predicted octanol–water partition coefficient (Wildman–Crippen LogP) is -0.110. The molecule has 0 spiro atoms. The average molecular weight is 303 g/mol. The van der Waals surface area contributed by atoms with Gasteiger partial charge in [-0.2, -0.15) is 0 Å². The van der Waals surface area contributed by atoms with Crippen LogP contribution in [0.15, 0.2) is 29.2 Å². The zero-order chi connectivity index (χ0) is 14.5. The summed E-state index contributed by atoms with van der Waals surface area (Å²) in [7, 11) is -3.79. The number of ether oxygens (including phenoxy) is 1. The number of hydrogen-bond acceptors (Lipinski definition) is 5. The number of hydrazine groups is 1. The summed E-state index contributed by atoms with van der Waals surface area (Å²) in [6.07, 6.45) is 0. The lowest BCUT2D eigenvalue weighted by atomic mass is 10.2. The number of benzene rings is 1. The highest BCUT2D eigenvalue weighted by Crippen LogP contribution is 2.10. The number of carbonyl (C=O) groups excluding carboxylic acids is 1. The second-order valence-electron chi connectivity index (χ2n) is 3.34. The molecule has 0 aromatic heterocycles. The minimum absolute atomic E-state index is 0.0377. The van der Waals surface area contributed by atoms with Gasteiger partial charge in [-0.3, -0.25) is 5.43 Å². The quantitative estimate of drug-likeness (QED) is 0.395. The normalized spacial score (nSPS) is 10.8. The lowest BCUT2D eigenvalue weighted by Crippen LogP contribution is -2.44. The smallest absolute Gasteiger partial charge is 0.338 e. The highest BCUT2D eigenvalue weighted by Gasteiger charge is 2.15. The second-order valence-corrected chi connectivity index (χ2v) is 5.46. The third kappa shape index (κ3) is 4.47. The standard InChI is InChI=1S/C10H13N3O4S2/c1-2-17-9(14)7-3-5-8(6-4-7)19(15,16)13-12-10(11)18/h3-6,13H,2H2,1H3,(H3,11,12,18). The van der Waals surface area contributed by atoms with E-state index in [9.17, 15) is 13.2 Å². The zero-order valence-corrected chi connectivity index (χ0v) is 11.7. The molecule has 1 aromatic carbocycles. The second kappa shape index (κ2) is 6.45. The molecular formula is C10H13N3O4S2. The van der Waals surface area contributed by atoms with Crippen molar-refractivity contribution < 1.29 is 17.9 Å². The summed E-state index contributed by atoms with van der Waals surface area (Å²) in [5.41, 5.74) is 7.50. The Kier molecular flexibility index (Phi) is 5.21. The Morgan fingerprint density at radius 3 is 2.42 bits per heavy atom. The first-order valence-electron chi connectivity index (χ1n) is 5.21. The number of carbonyl (C=O) groups is 1. The summed E-state index contributed by atoms with van der Waals surface area (Å²) in [6, 6.07) is 5.26. The first-order valence-corrected chi connectivity index (χ1v) is 7.10. The van der Waals surface area contributed by atoms with Crippen LogP contribution >= 0.6 is 12.2 Å². The van der Waals surface area contributed by atoms with Crippen molar-refractivity contribution in [2.75, 3.05) is 6.61 Å². The third-order valence-electron chi connectivity index (χ3n) is 1.98. The molecule has 0 saturated heterocycles. The molecule has 0 aliphatic carbocycles. The molecule has 0 saturated carbocycles. The summed E-state index contributed by atoms with van der Waals surface area (Å²) in [6.45, 7) is 1.93. The van der Waals surface area contributed by atoms with Gasteiger partial charge >= 0.3 is 5.97 Å². The fourth-order valence-electron chi connectivity index (χ4n) is 1.16. The Morgan fingerprint density at radius 1 is 1.37 bits per heavy atom. The van der Waals surface area contributed by atoms with E-state index >= 15 is 0 Å². The molecular weight excluding hydrogens is 290 g/mol. The Bertz CT molecular complexity index is 569. The van der Waals surface area contributed by atoms with Gasteiger partial charge in [-0.05, 0) is 43.4 Å². The van der Waals surface area contributed by atoms with E-state index in [1.54, 1.807) is 6.92 Å². The van der Waals surface area contributed by atoms with E-state index in [0.717, 1.165) is 0 Å². The van der Waals surface area contributed by atoms with E-state index in [4.69, 9.17) is 10.5 Å². The van der Waals surface area contributed by atoms with E-state index in [2.05, 4.69) is 17.6 Å². The maximum atomic E-state index is 11.7. The molecule has 0 bridgehead atoms. The van der Waals surface area contributed by atoms with Gasteiger partial charge in [0.25, 0.3) is 10.0 Å². The Morgan fingerprint density at radius 2 is 1.95 bits per heavy atom. The van der Waals surface area contributed by atoms with E-state index in [1.165, 1.54) is 24.3 Å². The molecule has 0 heterocycles. The van der Waals surface area contributed by atoms with E-state index in [0.29, 0.717) is 0 Å². The van der Waals surface area contributed by atoms with Crippen LogP contribution in [0, 0.1) is 0 Å². The Balaban J connectivity index is 2.86. The minimum atomic E-state index is -3.79. The number of thiocarbonyl (C=S) groups is 1. The summed E-state index contributed by atoms with van der Waals surface area (Å²) < 4.78 is 28.3. The Hall–Kier alpha value is -1.71. The molecule has 9 heteroatoms. The number of nitrogens with one attached hydrogen (secondary N) is 2. The molecule has 1 aromatic rings. The van der Waals surface area contributed by atoms with Crippen molar-refractivity contribution in [1.29, 1.82) is 0 Å². The van der Waals surface area contributed by atoms with Crippen LogP contribution in [0.25, 0.3) is 0 Å². The maximum absolute atomic E-state index is 11.7. The average Bonchev–Trinajstić information content (AvgIpc) is 2.37. The minimum Gasteiger partial charge on any atom is -0.462 e. The van der Waals surface area contributed by atoms with Crippen LogP contribution in [0.5, 0.6) is 0 Å². The number of hydrogen-bond donors (Lipinski definition) is 3. The van der Waals surface area contributed by atoms with Crippen LogP contribution in [0.1, 0.15) is 17.3 Å². The molecule has 0 radical (unpaired) electrons. The van der Waals surface area contributed by atoms with Crippen LogP contribution in [0.2, 0.25) is 0 Å². The molecule has 104 valence electrons. The van der Waals surface area contributed by atoms with Gasteiger partial charge in [0.1, 0.15) is 0 Å². The van der Waals surface area contributed by atoms with Crippen LogP contribution in [0.4, 0.5) is 0 Å². The molecule has 7 nitrogen and oxygen atoms in total. The van der Waals surface area contributed by atoms with Gasteiger partial charge in [-0.15, -0.1) is 4.83 Å². The third-order valence-corrected chi connectivity index (χ3v) is 3.35. The fourth-order valence-corrected chi connectivity index (χ4v) is 2.13. The molecule has 0 atom stereocenters. The van der Waals surface area contributed by atoms with Crippen LogP contribution in [0.3, 0.4) is 0 Å². The number of sulfonamides is 1. The summed E-state index contributed by atoms with van der Waals surface area (Å²) in [4.78, 5) is 13.3. The van der Waals surface area contributed by atoms with Crippen molar-refractivity contribution in [2.24, 2.45) is 5.73 Å². The van der Waals surface area contributed by atoms with Gasteiger partial charge < -0.3 is 10.5 Å². The van der Waals surface area contributed by atoms with Crippen LogP contribution in [-0.2, 0) is 14.8 Å². The van der Waals surface area contributed by atoms with Crippen molar-refractivity contribution in [3.8, 4) is 0 Å². The van der Waals surface area contributed by atoms with E-state index < -0.39 is 16.0 Å². The lowest BCUT2D eigenvalue weighted by Gasteiger charge is -2.08. The van der Waals surface area contributed by atoms with E-state index in [-0.39, 0.29) is 22.2 Å². The summed E-state index contributed by atoms with van der Waals surface area (Å²) >= 11 is 4.48. The summed E-state index contributed by atoms with van der Waals surface area (Å²) in [5, 5.41) is -0.202. The molecule has 0 amide bonds. The Labute approximate surface area is 116 Å². The highest BCUT2D eigenvalue weighted by molar-refractivity contribution is 7.89. The van der Waals surface area contributed by atoms with Gasteiger partial charge in [0.2, 0.25) is 0 Å². The number of esters is 1. The summed E-state index contributed by atoms with van der Waals surface area (Å²) in [5.74, 6) is -0.513. The SMILES string of the molecule is CCOC(=O)c1ccc(S(=O)(=O)NNC(N)=S)cc1. The predicted molar refractivity (Wildman–Crippen MR) is 72.6 cm³/mol. The van der Waals surface area contributed by atoms with Gasteiger partial charge in [-0.1, -0.05) is 0 Å². The van der Waals surface area contributed by atoms with Gasteiger partial charge in [-0.25, -0.2) is 13.2 Å². The highest BCUT2D eigenvalue weighted by atomic mass is 32.2. The molecule has 0 aliphatic rings. The van der Waals surface area contributed by atoms with Crippen molar-refractivity contribution >= 4 is 33.3 Å². The van der Waals surface area contributed by atoms with Crippen molar-refractivity contribution in [3.63, 3.8) is 0 Å². The first-order chi connectivity index (χ1) is 8.86.